The Labute approximate surface area is 131 Å². The molecule has 3 rings (SSSR count). The van der Waals surface area contributed by atoms with Crippen molar-refractivity contribution in [2.75, 3.05) is 13.1 Å². The van der Waals surface area contributed by atoms with Crippen molar-refractivity contribution >= 4 is 5.91 Å². The summed E-state index contributed by atoms with van der Waals surface area (Å²) in [5.74, 6) is 0.144. The molecule has 1 saturated heterocycles. The van der Waals surface area contributed by atoms with Crippen LogP contribution in [0.4, 0.5) is 0 Å². The Morgan fingerprint density at radius 1 is 1.14 bits per heavy atom. The minimum Gasteiger partial charge on any atom is -0.339 e. The molecule has 4 heteroatoms. The van der Waals surface area contributed by atoms with Crippen molar-refractivity contribution in [3.8, 4) is 5.69 Å². The highest BCUT2D eigenvalue weighted by atomic mass is 16.2. The number of likely N-dealkylation sites (tertiary alicyclic amines) is 1. The molecular formula is C18H23N3O. The predicted molar refractivity (Wildman–Crippen MR) is 87.3 cm³/mol. The molecule has 0 spiro atoms. The highest BCUT2D eigenvalue weighted by molar-refractivity contribution is 5.95. The second-order valence-electron chi connectivity index (χ2n) is 5.86. The van der Waals surface area contributed by atoms with Crippen LogP contribution in [-0.2, 0) is 6.42 Å². The van der Waals surface area contributed by atoms with Crippen LogP contribution in [0.15, 0.2) is 36.5 Å². The van der Waals surface area contributed by atoms with Gasteiger partial charge in [-0.25, -0.2) is 4.68 Å². The van der Waals surface area contributed by atoms with Gasteiger partial charge in [-0.1, -0.05) is 31.5 Å². The molecule has 0 bridgehead atoms. The summed E-state index contributed by atoms with van der Waals surface area (Å²) in [6.45, 7) is 3.89. The zero-order valence-corrected chi connectivity index (χ0v) is 13.2. The molecule has 1 aromatic heterocycles. The van der Waals surface area contributed by atoms with Crippen LogP contribution in [0.3, 0.4) is 0 Å². The van der Waals surface area contributed by atoms with Crippen LogP contribution in [0.5, 0.6) is 0 Å². The lowest BCUT2D eigenvalue weighted by atomic mass is 10.1. The summed E-state index contributed by atoms with van der Waals surface area (Å²) in [7, 11) is 0. The first-order chi connectivity index (χ1) is 10.8. The first-order valence-corrected chi connectivity index (χ1v) is 8.23. The molecule has 1 aromatic carbocycles. The van der Waals surface area contributed by atoms with Gasteiger partial charge in [0, 0.05) is 13.1 Å². The summed E-state index contributed by atoms with van der Waals surface area (Å²) < 4.78 is 1.92. The number of benzene rings is 1. The van der Waals surface area contributed by atoms with E-state index in [9.17, 15) is 4.79 Å². The number of piperidine rings is 1. The maximum Gasteiger partial charge on any atom is 0.257 e. The number of hydrogen-bond donors (Lipinski definition) is 0. The summed E-state index contributed by atoms with van der Waals surface area (Å²) >= 11 is 0. The summed E-state index contributed by atoms with van der Waals surface area (Å²) in [4.78, 5) is 14.8. The summed E-state index contributed by atoms with van der Waals surface area (Å²) in [6, 6.07) is 10.0. The molecule has 0 saturated carbocycles. The van der Waals surface area contributed by atoms with Crippen LogP contribution >= 0.6 is 0 Å². The molecule has 0 radical (unpaired) electrons. The third kappa shape index (κ3) is 2.91. The maximum absolute atomic E-state index is 12.8. The van der Waals surface area contributed by atoms with E-state index in [1.54, 1.807) is 6.20 Å². The number of nitrogens with zero attached hydrogens (tertiary/aromatic N) is 3. The van der Waals surface area contributed by atoms with Gasteiger partial charge in [-0.15, -0.1) is 0 Å². The Morgan fingerprint density at radius 3 is 2.55 bits per heavy atom. The number of aromatic nitrogens is 2. The smallest absolute Gasteiger partial charge is 0.257 e. The molecule has 1 amide bonds. The fourth-order valence-corrected chi connectivity index (χ4v) is 3.09. The Bertz CT molecular complexity index is 627. The molecule has 0 atom stereocenters. The molecule has 4 nitrogen and oxygen atoms in total. The third-order valence-electron chi connectivity index (χ3n) is 4.23. The van der Waals surface area contributed by atoms with Gasteiger partial charge in [0.05, 0.1) is 23.1 Å². The van der Waals surface area contributed by atoms with Crippen LogP contribution in [0.25, 0.3) is 5.69 Å². The monoisotopic (exact) mass is 297 g/mol. The summed E-state index contributed by atoms with van der Waals surface area (Å²) in [6.07, 6.45) is 7.07. The van der Waals surface area contributed by atoms with Crippen molar-refractivity contribution in [2.45, 2.75) is 39.0 Å². The second-order valence-corrected chi connectivity index (χ2v) is 5.86. The maximum atomic E-state index is 12.8. The summed E-state index contributed by atoms with van der Waals surface area (Å²) in [5, 5.41) is 4.49. The minimum absolute atomic E-state index is 0.144. The van der Waals surface area contributed by atoms with E-state index in [1.165, 1.54) is 6.42 Å². The van der Waals surface area contributed by atoms with Crippen molar-refractivity contribution in [3.05, 3.63) is 47.8 Å². The third-order valence-corrected chi connectivity index (χ3v) is 4.23. The number of para-hydroxylation sites is 1. The largest absolute Gasteiger partial charge is 0.339 e. The van der Waals surface area contributed by atoms with Crippen LogP contribution in [0, 0.1) is 0 Å². The topological polar surface area (TPSA) is 38.1 Å². The molecule has 1 fully saturated rings. The molecular weight excluding hydrogens is 274 g/mol. The molecule has 0 unspecified atom stereocenters. The Balaban J connectivity index is 1.94. The van der Waals surface area contributed by atoms with Gasteiger partial charge < -0.3 is 4.90 Å². The molecule has 2 heterocycles. The van der Waals surface area contributed by atoms with Crippen molar-refractivity contribution < 1.29 is 4.79 Å². The van der Waals surface area contributed by atoms with E-state index >= 15 is 0 Å². The highest BCUT2D eigenvalue weighted by Crippen LogP contribution is 2.20. The molecule has 2 aromatic rings. The molecule has 1 aliphatic heterocycles. The first kappa shape index (κ1) is 14.8. The van der Waals surface area contributed by atoms with Crippen molar-refractivity contribution in [2.24, 2.45) is 0 Å². The first-order valence-electron chi connectivity index (χ1n) is 8.23. The zero-order valence-electron chi connectivity index (χ0n) is 13.2. The van der Waals surface area contributed by atoms with E-state index in [4.69, 9.17) is 0 Å². The average molecular weight is 297 g/mol. The lowest BCUT2D eigenvalue weighted by Gasteiger charge is -2.26. The Hall–Kier alpha value is -2.10. The van der Waals surface area contributed by atoms with E-state index in [0.29, 0.717) is 0 Å². The van der Waals surface area contributed by atoms with Gasteiger partial charge >= 0.3 is 0 Å². The van der Waals surface area contributed by atoms with Crippen LogP contribution in [0.2, 0.25) is 0 Å². The van der Waals surface area contributed by atoms with Crippen molar-refractivity contribution in [3.63, 3.8) is 0 Å². The van der Waals surface area contributed by atoms with E-state index in [-0.39, 0.29) is 5.91 Å². The van der Waals surface area contributed by atoms with Crippen molar-refractivity contribution in [1.82, 2.24) is 14.7 Å². The van der Waals surface area contributed by atoms with E-state index < -0.39 is 0 Å². The lowest BCUT2D eigenvalue weighted by Crippen LogP contribution is -2.36. The van der Waals surface area contributed by atoms with E-state index in [2.05, 4.69) is 12.0 Å². The van der Waals surface area contributed by atoms with Gasteiger partial charge in [-0.3, -0.25) is 4.79 Å². The zero-order chi connectivity index (χ0) is 15.4. The van der Waals surface area contributed by atoms with Gasteiger partial charge in [0.1, 0.15) is 0 Å². The van der Waals surface area contributed by atoms with Crippen LogP contribution < -0.4 is 0 Å². The lowest BCUT2D eigenvalue weighted by molar-refractivity contribution is 0.0723. The van der Waals surface area contributed by atoms with Gasteiger partial charge in [-0.05, 0) is 37.8 Å². The van der Waals surface area contributed by atoms with Gasteiger partial charge in [0.15, 0.2) is 0 Å². The molecule has 22 heavy (non-hydrogen) atoms. The number of rotatable bonds is 4. The molecule has 1 aliphatic rings. The highest BCUT2D eigenvalue weighted by Gasteiger charge is 2.23. The van der Waals surface area contributed by atoms with Gasteiger partial charge in [-0.2, -0.15) is 5.10 Å². The Morgan fingerprint density at radius 2 is 1.86 bits per heavy atom. The number of carbonyl (C=O) groups is 1. The minimum atomic E-state index is 0.144. The standard InChI is InChI=1S/C18H23N3O/c1-2-9-17-16(18(22)20-12-7-4-8-13-20)14-19-21(17)15-10-5-3-6-11-15/h3,5-6,10-11,14H,2,4,7-9,12-13H2,1H3. The number of hydrogen-bond acceptors (Lipinski definition) is 2. The number of carbonyl (C=O) groups excluding carboxylic acids is 1. The SMILES string of the molecule is CCCc1c(C(=O)N2CCCCC2)cnn1-c1ccccc1. The Kier molecular flexibility index (Phi) is 4.56. The average Bonchev–Trinajstić information content (AvgIpc) is 3.00. The second kappa shape index (κ2) is 6.77. The summed E-state index contributed by atoms with van der Waals surface area (Å²) in [5.41, 5.74) is 2.82. The molecule has 116 valence electrons. The van der Waals surface area contributed by atoms with Crippen LogP contribution in [-0.4, -0.2) is 33.7 Å². The fourth-order valence-electron chi connectivity index (χ4n) is 3.09. The van der Waals surface area contributed by atoms with E-state index in [0.717, 1.165) is 55.7 Å². The fraction of sp³-hybridized carbons (Fsp3) is 0.444. The van der Waals surface area contributed by atoms with Gasteiger partial charge in [0.2, 0.25) is 0 Å². The molecule has 0 aliphatic carbocycles. The molecule has 0 N–H and O–H groups in total. The van der Waals surface area contributed by atoms with Gasteiger partial charge in [0.25, 0.3) is 5.91 Å². The van der Waals surface area contributed by atoms with Crippen molar-refractivity contribution in [1.29, 1.82) is 0 Å². The predicted octanol–water partition coefficient (Wildman–Crippen LogP) is 3.45. The van der Waals surface area contributed by atoms with E-state index in [1.807, 2.05) is 39.9 Å². The number of amides is 1. The normalized spacial score (nSPS) is 15.0. The quantitative estimate of drug-likeness (QED) is 0.867. The van der Waals surface area contributed by atoms with Crippen LogP contribution in [0.1, 0.15) is 48.7 Å².